The van der Waals surface area contributed by atoms with Crippen molar-refractivity contribution < 1.29 is 14.3 Å². The normalized spacial score (nSPS) is 15.2. The maximum Gasteiger partial charge on any atom is 0.291 e. The monoisotopic (exact) mass is 445 g/mol. The van der Waals surface area contributed by atoms with Crippen LogP contribution in [-0.2, 0) is 11.3 Å². The molecule has 2 amide bonds. The van der Waals surface area contributed by atoms with Gasteiger partial charge in [-0.15, -0.1) is 5.10 Å². The number of amides is 2. The quantitative estimate of drug-likeness (QED) is 0.511. The van der Waals surface area contributed by atoms with Crippen LogP contribution >= 0.6 is 0 Å². The molecular weight excluding hydrogens is 422 g/mol. The Morgan fingerprint density at radius 1 is 1.12 bits per heavy atom. The summed E-state index contributed by atoms with van der Waals surface area (Å²) in [5, 5.41) is 6.91. The van der Waals surface area contributed by atoms with E-state index in [0.717, 1.165) is 5.56 Å². The fourth-order valence-corrected chi connectivity index (χ4v) is 3.53. The molecule has 0 spiro atoms. The van der Waals surface area contributed by atoms with Crippen molar-refractivity contribution in [1.29, 1.82) is 0 Å². The number of ether oxygens (including phenoxy) is 1. The standard InChI is InChI=1S/C22H19N7O3.CH4/c1-28-18-9-15-16(24-8-7-23-15)10-19(18)32-12-17(22(28)31)26-21(30)20-25-13-29(27-20)11-14-5-3-2-4-6-14;/h2-10,13,17H,11-12H2,1H3,(H,26,30);1H4/t17-;/m0./s1. The molecule has 4 aromatic rings. The Kier molecular flexibility index (Phi) is 5.99. The SMILES string of the molecule is C.CN1C(=O)[C@@H](NC(=O)c2ncn(Cc3ccccc3)n2)COc2cc3nccnc3cc21. The molecule has 0 unspecified atom stereocenters. The molecule has 2 aromatic heterocycles. The Morgan fingerprint density at radius 2 is 1.85 bits per heavy atom. The summed E-state index contributed by atoms with van der Waals surface area (Å²) in [5.41, 5.74) is 2.89. The van der Waals surface area contributed by atoms with Crippen LogP contribution in [0.15, 0.2) is 61.2 Å². The number of hydrogen-bond donors (Lipinski definition) is 1. The predicted molar refractivity (Wildman–Crippen MR) is 122 cm³/mol. The minimum Gasteiger partial charge on any atom is -0.489 e. The maximum absolute atomic E-state index is 13.0. The van der Waals surface area contributed by atoms with E-state index < -0.39 is 11.9 Å². The van der Waals surface area contributed by atoms with Gasteiger partial charge in [0.05, 0.1) is 23.3 Å². The van der Waals surface area contributed by atoms with Crippen molar-refractivity contribution in [2.75, 3.05) is 18.6 Å². The van der Waals surface area contributed by atoms with E-state index >= 15 is 0 Å². The molecule has 1 aliphatic rings. The number of nitrogens with one attached hydrogen (secondary N) is 1. The molecule has 0 saturated heterocycles. The molecule has 1 aliphatic heterocycles. The van der Waals surface area contributed by atoms with Gasteiger partial charge in [0.25, 0.3) is 11.8 Å². The van der Waals surface area contributed by atoms with Crippen molar-refractivity contribution >= 4 is 28.5 Å². The highest BCUT2D eigenvalue weighted by atomic mass is 16.5. The Hall–Kier alpha value is -4.34. The van der Waals surface area contributed by atoms with Gasteiger partial charge in [-0.05, 0) is 11.6 Å². The van der Waals surface area contributed by atoms with Gasteiger partial charge < -0.3 is 15.0 Å². The summed E-state index contributed by atoms with van der Waals surface area (Å²) < 4.78 is 7.41. The van der Waals surface area contributed by atoms with Crippen molar-refractivity contribution in [3.05, 3.63) is 72.6 Å². The zero-order valence-electron chi connectivity index (χ0n) is 17.2. The predicted octanol–water partition coefficient (Wildman–Crippen LogP) is 2.06. The molecule has 0 aliphatic carbocycles. The molecular formula is C23H23N7O3. The number of nitrogens with zero attached hydrogens (tertiary/aromatic N) is 6. The number of anilines is 1. The van der Waals surface area contributed by atoms with Crippen LogP contribution in [0.3, 0.4) is 0 Å². The number of rotatable bonds is 4. The van der Waals surface area contributed by atoms with Crippen molar-refractivity contribution in [3.63, 3.8) is 0 Å². The summed E-state index contributed by atoms with van der Waals surface area (Å²) in [7, 11) is 1.63. The van der Waals surface area contributed by atoms with E-state index in [1.807, 2.05) is 30.3 Å². The minimum absolute atomic E-state index is 0. The molecule has 0 radical (unpaired) electrons. The molecule has 10 heteroatoms. The zero-order chi connectivity index (χ0) is 22.1. The molecule has 5 rings (SSSR count). The maximum atomic E-state index is 13.0. The molecule has 1 atom stereocenters. The van der Waals surface area contributed by atoms with Gasteiger partial charge in [0, 0.05) is 25.5 Å². The first kappa shape index (κ1) is 21.9. The summed E-state index contributed by atoms with van der Waals surface area (Å²) in [6, 6.07) is 12.3. The molecule has 3 heterocycles. The van der Waals surface area contributed by atoms with Crippen LogP contribution in [0.5, 0.6) is 5.75 Å². The number of carbonyl (C=O) groups excluding carboxylic acids is 2. The first-order valence-electron chi connectivity index (χ1n) is 9.98. The van der Waals surface area contributed by atoms with Crippen LogP contribution in [0.2, 0.25) is 0 Å². The van der Waals surface area contributed by atoms with Crippen LogP contribution in [-0.4, -0.2) is 56.2 Å². The van der Waals surface area contributed by atoms with Crippen molar-refractivity contribution in [2.45, 2.75) is 20.0 Å². The fraction of sp³-hybridized carbons (Fsp3) is 0.217. The lowest BCUT2D eigenvalue weighted by Crippen LogP contribution is -2.49. The molecule has 33 heavy (non-hydrogen) atoms. The number of hydrogen-bond acceptors (Lipinski definition) is 7. The van der Waals surface area contributed by atoms with Gasteiger partial charge in [0.2, 0.25) is 5.82 Å². The van der Waals surface area contributed by atoms with Crippen LogP contribution in [0.25, 0.3) is 11.0 Å². The van der Waals surface area contributed by atoms with Gasteiger partial charge in [-0.2, -0.15) is 0 Å². The van der Waals surface area contributed by atoms with E-state index in [0.29, 0.717) is 29.0 Å². The molecule has 1 N–H and O–H groups in total. The number of carbonyl (C=O) groups is 2. The van der Waals surface area contributed by atoms with Gasteiger partial charge >= 0.3 is 0 Å². The summed E-state index contributed by atoms with van der Waals surface area (Å²) in [6.45, 7) is 0.457. The summed E-state index contributed by atoms with van der Waals surface area (Å²) in [4.78, 5) is 39.8. The van der Waals surface area contributed by atoms with Gasteiger partial charge in [-0.1, -0.05) is 37.8 Å². The smallest absolute Gasteiger partial charge is 0.291 e. The van der Waals surface area contributed by atoms with Crippen LogP contribution in [0.4, 0.5) is 5.69 Å². The van der Waals surface area contributed by atoms with Gasteiger partial charge in [-0.3, -0.25) is 19.6 Å². The van der Waals surface area contributed by atoms with Crippen LogP contribution < -0.4 is 15.0 Å². The molecule has 0 saturated carbocycles. The number of fused-ring (bicyclic) bond motifs is 2. The Bertz CT molecular complexity index is 1310. The fourth-order valence-electron chi connectivity index (χ4n) is 3.53. The van der Waals surface area contributed by atoms with E-state index in [-0.39, 0.29) is 25.8 Å². The Balaban J connectivity index is 0.00000259. The largest absolute Gasteiger partial charge is 0.489 e. The van der Waals surface area contributed by atoms with Crippen molar-refractivity contribution in [3.8, 4) is 5.75 Å². The molecule has 2 aromatic carbocycles. The first-order valence-corrected chi connectivity index (χ1v) is 9.98. The Labute approximate surface area is 190 Å². The lowest BCUT2D eigenvalue weighted by molar-refractivity contribution is -0.120. The van der Waals surface area contributed by atoms with E-state index in [2.05, 4.69) is 25.4 Å². The lowest BCUT2D eigenvalue weighted by Gasteiger charge is -2.20. The average Bonchev–Trinajstić information content (AvgIpc) is 3.25. The number of likely N-dealkylation sites (N-methyl/N-ethyl adjacent to an activating group) is 1. The summed E-state index contributed by atoms with van der Waals surface area (Å²) >= 11 is 0. The van der Waals surface area contributed by atoms with Gasteiger partial charge in [0.1, 0.15) is 24.7 Å². The van der Waals surface area contributed by atoms with Gasteiger partial charge in [0.15, 0.2) is 0 Å². The highest BCUT2D eigenvalue weighted by molar-refractivity contribution is 6.03. The number of aromatic nitrogens is 5. The Morgan fingerprint density at radius 3 is 2.61 bits per heavy atom. The third kappa shape index (κ3) is 4.36. The third-order valence-corrected chi connectivity index (χ3v) is 5.18. The third-order valence-electron chi connectivity index (χ3n) is 5.18. The second-order valence-corrected chi connectivity index (χ2v) is 7.35. The highest BCUT2D eigenvalue weighted by Crippen LogP contribution is 2.33. The minimum atomic E-state index is -0.898. The van der Waals surface area contributed by atoms with E-state index in [4.69, 9.17) is 4.74 Å². The second kappa shape index (κ2) is 9.03. The molecule has 0 bridgehead atoms. The zero-order valence-corrected chi connectivity index (χ0v) is 17.2. The number of benzene rings is 2. The van der Waals surface area contributed by atoms with Crippen molar-refractivity contribution in [1.82, 2.24) is 30.0 Å². The second-order valence-electron chi connectivity index (χ2n) is 7.35. The van der Waals surface area contributed by atoms with Crippen LogP contribution in [0, 0.1) is 0 Å². The molecule has 0 fully saturated rings. The van der Waals surface area contributed by atoms with E-state index in [1.54, 1.807) is 36.3 Å². The van der Waals surface area contributed by atoms with E-state index in [9.17, 15) is 9.59 Å². The summed E-state index contributed by atoms with van der Waals surface area (Å²) in [5.74, 6) is -0.385. The average molecular weight is 445 g/mol. The molecule has 168 valence electrons. The summed E-state index contributed by atoms with van der Waals surface area (Å²) in [6.07, 6.45) is 4.66. The van der Waals surface area contributed by atoms with Gasteiger partial charge in [-0.25, -0.2) is 9.67 Å². The molecule has 10 nitrogen and oxygen atoms in total. The van der Waals surface area contributed by atoms with E-state index in [1.165, 1.54) is 11.2 Å². The first-order chi connectivity index (χ1) is 15.6. The van der Waals surface area contributed by atoms with Crippen LogP contribution in [0.1, 0.15) is 23.6 Å². The topological polar surface area (TPSA) is 115 Å². The highest BCUT2D eigenvalue weighted by Gasteiger charge is 2.32. The van der Waals surface area contributed by atoms with Crippen molar-refractivity contribution in [2.24, 2.45) is 0 Å². The lowest BCUT2D eigenvalue weighted by atomic mass is 10.2.